The molecule has 2 N–H and O–H groups in total. The summed E-state index contributed by atoms with van der Waals surface area (Å²) < 4.78 is 37.8. The van der Waals surface area contributed by atoms with Crippen LogP contribution in [0.25, 0.3) is 10.8 Å². The van der Waals surface area contributed by atoms with E-state index >= 15 is 0 Å². The van der Waals surface area contributed by atoms with Crippen LogP contribution in [0.3, 0.4) is 0 Å². The van der Waals surface area contributed by atoms with Gasteiger partial charge in [0, 0.05) is 54.8 Å². The second-order valence-corrected chi connectivity index (χ2v) is 14.2. The van der Waals surface area contributed by atoms with Crippen LogP contribution in [0.15, 0.2) is 36.7 Å². The molecule has 9 nitrogen and oxygen atoms in total. The zero-order valence-electron chi connectivity index (χ0n) is 22.5. The number of piperidine rings is 1. The number of anilines is 4. The number of hydrogen-bond acceptors (Lipinski definition) is 9. The fourth-order valence-electron chi connectivity index (χ4n) is 6.27. The number of aromatic nitrogens is 3. The van der Waals surface area contributed by atoms with Gasteiger partial charge in [-0.25, -0.2) is 22.8 Å². The molecule has 0 amide bonds. The van der Waals surface area contributed by atoms with Gasteiger partial charge < -0.3 is 20.2 Å². The van der Waals surface area contributed by atoms with E-state index in [0.717, 1.165) is 42.4 Å². The number of rotatable bonds is 6. The molecule has 1 spiro atoms. The highest BCUT2D eigenvalue weighted by molar-refractivity contribution is 7.91. The Morgan fingerprint density at radius 3 is 2.56 bits per heavy atom. The Bertz CT molecular complexity index is 1500. The van der Waals surface area contributed by atoms with Crippen molar-refractivity contribution >= 4 is 43.9 Å². The maximum atomic E-state index is 14.1. The molecule has 11 heteroatoms. The van der Waals surface area contributed by atoms with Gasteiger partial charge in [0.1, 0.15) is 27.6 Å². The van der Waals surface area contributed by atoms with Crippen LogP contribution >= 0.6 is 0 Å². The third-order valence-corrected chi connectivity index (χ3v) is 10.1. The molecular weight excluding hydrogens is 519 g/mol. The van der Waals surface area contributed by atoms with Crippen LogP contribution < -0.4 is 15.1 Å². The van der Waals surface area contributed by atoms with Gasteiger partial charge >= 0.3 is 0 Å². The van der Waals surface area contributed by atoms with E-state index in [1.807, 2.05) is 12.3 Å². The highest BCUT2D eigenvalue weighted by atomic mass is 32.2. The lowest BCUT2D eigenvalue weighted by Crippen LogP contribution is -2.65. The highest BCUT2D eigenvalue weighted by Gasteiger charge is 2.55. The summed E-state index contributed by atoms with van der Waals surface area (Å²) in [7, 11) is -2.96. The van der Waals surface area contributed by atoms with Crippen LogP contribution in [0.2, 0.25) is 0 Å². The molecule has 2 aliphatic heterocycles. The number of hydrogen-bond donors (Lipinski definition) is 2. The Balaban J connectivity index is 1.23. The van der Waals surface area contributed by atoms with Gasteiger partial charge in [0.05, 0.1) is 17.9 Å². The van der Waals surface area contributed by atoms with Crippen molar-refractivity contribution in [1.82, 2.24) is 15.0 Å². The first-order valence-corrected chi connectivity index (χ1v) is 15.5. The number of alkyl halides is 1. The van der Waals surface area contributed by atoms with E-state index in [2.05, 4.69) is 46.2 Å². The number of aliphatic hydroxyl groups is 1. The molecule has 6 rings (SSSR count). The highest BCUT2D eigenvalue weighted by Crippen LogP contribution is 2.52. The van der Waals surface area contributed by atoms with E-state index in [4.69, 9.17) is 4.98 Å². The fourth-order valence-corrected chi connectivity index (χ4v) is 7.58. The number of nitrogens with one attached hydrogen (secondary N) is 1. The van der Waals surface area contributed by atoms with Crippen LogP contribution in [0.1, 0.15) is 44.6 Å². The molecule has 1 saturated carbocycles. The average Bonchev–Trinajstić information content (AvgIpc) is 2.83. The third-order valence-electron chi connectivity index (χ3n) is 8.54. The molecule has 0 radical (unpaired) electrons. The van der Waals surface area contributed by atoms with Gasteiger partial charge in [0.2, 0.25) is 5.95 Å². The average molecular weight is 555 g/mol. The van der Waals surface area contributed by atoms with Crippen molar-refractivity contribution in [3.8, 4) is 0 Å². The fraction of sp³-hybridized carbons (Fsp3) is 0.536. The molecule has 2 saturated heterocycles. The van der Waals surface area contributed by atoms with Crippen molar-refractivity contribution in [1.29, 1.82) is 0 Å². The Morgan fingerprint density at radius 2 is 1.87 bits per heavy atom. The van der Waals surface area contributed by atoms with Crippen molar-refractivity contribution in [2.45, 2.75) is 56.6 Å². The molecule has 1 aliphatic carbocycles. The zero-order chi connectivity index (χ0) is 27.5. The summed E-state index contributed by atoms with van der Waals surface area (Å²) in [6.45, 7) is 6.63. The topological polar surface area (TPSA) is 112 Å². The molecule has 3 aliphatic rings. The maximum Gasteiger partial charge on any atom is 0.227 e. The smallest absolute Gasteiger partial charge is 0.227 e. The van der Waals surface area contributed by atoms with Crippen molar-refractivity contribution < 1.29 is 17.9 Å². The number of benzene rings is 1. The summed E-state index contributed by atoms with van der Waals surface area (Å²) in [5, 5.41) is 15.0. The standard InChI is InChI=1S/C28H35FN6O3S/c1-17(2)19-4-5-23(35-15-28(16-35)11-18(12-28)39(3,37)38)21-13-31-26(10-20(19)21)32-25-6-8-30-27(33-25)34-9-7-24(36)22(29)14-34/h4-6,8,10,13,17-18,22,24,36H,7,9,11-12,14-16H2,1-3H3,(H,30,31,32,33)/t22-,24+/m0/s1. The summed E-state index contributed by atoms with van der Waals surface area (Å²) in [6.07, 6.45) is 4.45. The minimum atomic E-state index is -2.96. The molecule has 2 atom stereocenters. The number of fused-ring (bicyclic) bond motifs is 1. The summed E-state index contributed by atoms with van der Waals surface area (Å²) in [4.78, 5) is 17.7. The molecule has 3 aromatic rings. The molecule has 0 unspecified atom stereocenters. The minimum Gasteiger partial charge on any atom is -0.390 e. The van der Waals surface area contributed by atoms with Gasteiger partial charge in [0.25, 0.3) is 0 Å². The van der Waals surface area contributed by atoms with Gasteiger partial charge in [-0.15, -0.1) is 0 Å². The molecule has 0 bridgehead atoms. The third kappa shape index (κ3) is 4.91. The molecule has 4 heterocycles. The SMILES string of the molecule is CC(C)c1ccc(N2CC3(CC(S(C)(=O)=O)C3)C2)c2cnc(Nc3ccnc(N4CC[C@@H](O)[C@@H](F)C4)n3)cc12. The zero-order valence-corrected chi connectivity index (χ0v) is 23.3. The van der Waals surface area contributed by atoms with Gasteiger partial charge in [-0.05, 0) is 54.3 Å². The summed E-state index contributed by atoms with van der Waals surface area (Å²) >= 11 is 0. The van der Waals surface area contributed by atoms with Crippen molar-refractivity contribution in [2.75, 3.05) is 47.6 Å². The van der Waals surface area contributed by atoms with E-state index in [1.165, 1.54) is 11.8 Å². The number of halogens is 1. The lowest BCUT2D eigenvalue weighted by molar-refractivity contribution is 0.0612. The lowest BCUT2D eigenvalue weighted by atomic mass is 9.63. The maximum absolute atomic E-state index is 14.1. The van der Waals surface area contributed by atoms with E-state index in [-0.39, 0.29) is 17.2 Å². The lowest BCUT2D eigenvalue weighted by Gasteiger charge is -2.59. The van der Waals surface area contributed by atoms with Crippen LogP contribution in [0, 0.1) is 5.41 Å². The normalized spacial score (nSPS) is 23.2. The molecular formula is C28H35FN6O3S. The quantitative estimate of drug-likeness (QED) is 0.470. The Kier molecular flexibility index (Phi) is 6.41. The number of sulfone groups is 1. The van der Waals surface area contributed by atoms with Crippen molar-refractivity contribution in [3.63, 3.8) is 0 Å². The predicted octanol–water partition coefficient (Wildman–Crippen LogP) is 3.81. The van der Waals surface area contributed by atoms with E-state index in [1.54, 1.807) is 17.2 Å². The molecule has 1 aromatic carbocycles. The van der Waals surface area contributed by atoms with E-state index in [9.17, 15) is 17.9 Å². The van der Waals surface area contributed by atoms with Gasteiger partial charge in [-0.3, -0.25) is 0 Å². The second-order valence-electron chi connectivity index (χ2n) is 11.8. The first-order valence-electron chi connectivity index (χ1n) is 13.5. The summed E-state index contributed by atoms with van der Waals surface area (Å²) in [5.74, 6) is 1.95. The van der Waals surface area contributed by atoms with Crippen molar-refractivity contribution in [3.05, 3.63) is 42.2 Å². The first kappa shape index (κ1) is 26.2. The number of aliphatic hydroxyl groups excluding tert-OH is 1. The van der Waals surface area contributed by atoms with Crippen LogP contribution in [-0.2, 0) is 9.84 Å². The first-order chi connectivity index (χ1) is 18.5. The largest absolute Gasteiger partial charge is 0.390 e. The van der Waals surface area contributed by atoms with Crippen LogP contribution in [-0.4, -0.2) is 78.4 Å². The van der Waals surface area contributed by atoms with Gasteiger partial charge in [-0.2, -0.15) is 4.98 Å². The summed E-state index contributed by atoms with van der Waals surface area (Å²) in [6, 6.07) is 8.14. The second kappa shape index (κ2) is 9.55. The Hall–Kier alpha value is -3.05. The minimum absolute atomic E-state index is 0.0616. The van der Waals surface area contributed by atoms with Gasteiger partial charge in [0.15, 0.2) is 0 Å². The number of nitrogens with zero attached hydrogens (tertiary/aromatic N) is 5. The molecule has 208 valence electrons. The van der Waals surface area contributed by atoms with Crippen molar-refractivity contribution in [2.24, 2.45) is 5.41 Å². The Labute approximate surface area is 228 Å². The number of pyridine rings is 1. The predicted molar refractivity (Wildman–Crippen MR) is 151 cm³/mol. The van der Waals surface area contributed by atoms with Gasteiger partial charge in [-0.1, -0.05) is 19.9 Å². The van der Waals surface area contributed by atoms with Crippen LogP contribution in [0.5, 0.6) is 0 Å². The van der Waals surface area contributed by atoms with E-state index in [0.29, 0.717) is 36.5 Å². The summed E-state index contributed by atoms with van der Waals surface area (Å²) in [5.41, 5.74) is 2.46. The Morgan fingerprint density at radius 1 is 1.10 bits per heavy atom. The monoisotopic (exact) mass is 554 g/mol. The molecule has 3 fully saturated rings. The molecule has 39 heavy (non-hydrogen) atoms. The molecule has 2 aromatic heterocycles. The van der Waals surface area contributed by atoms with E-state index < -0.39 is 22.1 Å². The van der Waals surface area contributed by atoms with Crippen LogP contribution in [0.4, 0.5) is 27.7 Å².